The summed E-state index contributed by atoms with van der Waals surface area (Å²) in [4.78, 5) is 11.5. The number of carbonyl (C=O) groups excluding carboxylic acids is 1. The van der Waals surface area contributed by atoms with E-state index in [1.165, 1.54) is 6.07 Å². The van der Waals surface area contributed by atoms with Crippen LogP contribution in [0.5, 0.6) is 0 Å². The number of benzene rings is 1. The third kappa shape index (κ3) is 4.43. The molecule has 1 rings (SSSR count). The molecule has 2 nitrogen and oxygen atoms in total. The minimum atomic E-state index is -0.314. The smallest absolute Gasteiger partial charge is 0.224 e. The molecule has 0 spiro atoms. The molecule has 1 aromatic rings. The van der Waals surface area contributed by atoms with Crippen molar-refractivity contribution in [3.8, 4) is 0 Å². The van der Waals surface area contributed by atoms with Crippen molar-refractivity contribution in [2.24, 2.45) is 0 Å². The Hall–Kier alpha value is -1.38. The number of halogens is 1. The molecule has 16 heavy (non-hydrogen) atoms. The van der Waals surface area contributed by atoms with E-state index in [9.17, 15) is 9.18 Å². The van der Waals surface area contributed by atoms with Crippen LogP contribution in [0.1, 0.15) is 31.7 Å². The van der Waals surface area contributed by atoms with Gasteiger partial charge in [-0.25, -0.2) is 4.39 Å². The standard InChI is InChI=1S/C13H18FNO/c1-2-3-6-9-15-13(16)10-11-7-4-5-8-12(11)14/h4-5,7-8H,2-3,6,9-10H2,1H3,(H,15,16). The maximum absolute atomic E-state index is 13.2. The molecule has 0 radical (unpaired) electrons. The maximum atomic E-state index is 13.2. The first kappa shape index (κ1) is 12.7. The predicted molar refractivity (Wildman–Crippen MR) is 62.6 cm³/mol. The van der Waals surface area contributed by atoms with E-state index in [4.69, 9.17) is 0 Å². The number of rotatable bonds is 6. The number of amides is 1. The summed E-state index contributed by atoms with van der Waals surface area (Å²) in [7, 11) is 0. The topological polar surface area (TPSA) is 29.1 Å². The zero-order valence-corrected chi connectivity index (χ0v) is 9.63. The summed E-state index contributed by atoms with van der Waals surface area (Å²) in [5.74, 6) is -0.424. The Morgan fingerprint density at radius 3 is 2.75 bits per heavy atom. The molecular weight excluding hydrogens is 205 g/mol. The number of nitrogens with one attached hydrogen (secondary N) is 1. The van der Waals surface area contributed by atoms with Crippen LogP contribution in [-0.2, 0) is 11.2 Å². The number of carbonyl (C=O) groups is 1. The molecule has 0 saturated carbocycles. The highest BCUT2D eigenvalue weighted by Crippen LogP contribution is 2.06. The number of unbranched alkanes of at least 4 members (excludes halogenated alkanes) is 2. The van der Waals surface area contributed by atoms with Gasteiger partial charge in [-0.3, -0.25) is 4.79 Å². The van der Waals surface area contributed by atoms with Gasteiger partial charge >= 0.3 is 0 Å². The highest BCUT2D eigenvalue weighted by Gasteiger charge is 2.06. The van der Waals surface area contributed by atoms with Crippen LogP contribution in [0.25, 0.3) is 0 Å². The largest absolute Gasteiger partial charge is 0.356 e. The van der Waals surface area contributed by atoms with Gasteiger partial charge in [0.15, 0.2) is 0 Å². The lowest BCUT2D eigenvalue weighted by molar-refractivity contribution is -0.120. The molecule has 0 heterocycles. The summed E-state index contributed by atoms with van der Waals surface area (Å²) in [6, 6.07) is 6.38. The van der Waals surface area contributed by atoms with Crippen LogP contribution < -0.4 is 5.32 Å². The van der Waals surface area contributed by atoms with E-state index in [-0.39, 0.29) is 18.1 Å². The number of hydrogen-bond acceptors (Lipinski definition) is 1. The van der Waals surface area contributed by atoms with Crippen LogP contribution >= 0.6 is 0 Å². The van der Waals surface area contributed by atoms with Gasteiger partial charge in [-0.05, 0) is 18.1 Å². The van der Waals surface area contributed by atoms with Gasteiger partial charge in [0.05, 0.1) is 6.42 Å². The summed E-state index contributed by atoms with van der Waals surface area (Å²) in [6.07, 6.45) is 3.35. The van der Waals surface area contributed by atoms with Crippen molar-refractivity contribution in [3.05, 3.63) is 35.6 Å². The lowest BCUT2D eigenvalue weighted by Crippen LogP contribution is -2.26. The first-order valence-electron chi connectivity index (χ1n) is 5.74. The van der Waals surface area contributed by atoms with Gasteiger partial charge in [0, 0.05) is 6.54 Å². The fourth-order valence-electron chi connectivity index (χ4n) is 1.48. The van der Waals surface area contributed by atoms with E-state index in [0.29, 0.717) is 12.1 Å². The van der Waals surface area contributed by atoms with Crippen molar-refractivity contribution in [3.63, 3.8) is 0 Å². The second-order valence-corrected chi connectivity index (χ2v) is 3.83. The van der Waals surface area contributed by atoms with Crippen LogP contribution in [0.3, 0.4) is 0 Å². The molecule has 1 N–H and O–H groups in total. The van der Waals surface area contributed by atoms with Gasteiger partial charge in [-0.1, -0.05) is 38.0 Å². The van der Waals surface area contributed by atoms with E-state index in [2.05, 4.69) is 12.2 Å². The summed E-state index contributed by atoms with van der Waals surface area (Å²) in [6.45, 7) is 2.79. The second-order valence-electron chi connectivity index (χ2n) is 3.83. The Kier molecular flexibility index (Phi) is 5.54. The fraction of sp³-hybridized carbons (Fsp3) is 0.462. The van der Waals surface area contributed by atoms with E-state index in [1.54, 1.807) is 18.2 Å². The monoisotopic (exact) mass is 223 g/mol. The zero-order valence-electron chi connectivity index (χ0n) is 9.63. The van der Waals surface area contributed by atoms with E-state index >= 15 is 0 Å². The first-order chi connectivity index (χ1) is 7.74. The quantitative estimate of drug-likeness (QED) is 0.738. The van der Waals surface area contributed by atoms with Crippen molar-refractivity contribution in [2.75, 3.05) is 6.54 Å². The molecule has 0 saturated heterocycles. The van der Waals surface area contributed by atoms with Crippen LogP contribution in [0.15, 0.2) is 24.3 Å². The zero-order chi connectivity index (χ0) is 11.8. The molecule has 1 aromatic carbocycles. The molecule has 1 amide bonds. The Morgan fingerprint density at radius 2 is 2.06 bits per heavy atom. The summed E-state index contributed by atoms with van der Waals surface area (Å²) in [5, 5.41) is 2.79. The number of hydrogen-bond donors (Lipinski definition) is 1. The molecule has 0 aromatic heterocycles. The molecular formula is C13H18FNO. The van der Waals surface area contributed by atoms with Gasteiger partial charge in [-0.2, -0.15) is 0 Å². The van der Waals surface area contributed by atoms with Gasteiger partial charge in [0.25, 0.3) is 0 Å². The minimum absolute atomic E-state index is 0.110. The van der Waals surface area contributed by atoms with E-state index in [0.717, 1.165) is 19.3 Å². The highest BCUT2D eigenvalue weighted by atomic mass is 19.1. The highest BCUT2D eigenvalue weighted by molar-refractivity contribution is 5.78. The van der Waals surface area contributed by atoms with E-state index < -0.39 is 0 Å². The summed E-state index contributed by atoms with van der Waals surface area (Å²) < 4.78 is 13.2. The van der Waals surface area contributed by atoms with Gasteiger partial charge in [-0.15, -0.1) is 0 Å². The van der Waals surface area contributed by atoms with Crippen LogP contribution in [0.4, 0.5) is 4.39 Å². The summed E-state index contributed by atoms with van der Waals surface area (Å²) >= 11 is 0. The lowest BCUT2D eigenvalue weighted by atomic mass is 10.1. The second kappa shape index (κ2) is 6.99. The molecule has 0 atom stereocenters. The first-order valence-corrected chi connectivity index (χ1v) is 5.74. The fourth-order valence-corrected chi connectivity index (χ4v) is 1.48. The Bertz CT molecular complexity index is 338. The molecule has 0 aliphatic heterocycles. The van der Waals surface area contributed by atoms with Gasteiger partial charge < -0.3 is 5.32 Å². The minimum Gasteiger partial charge on any atom is -0.356 e. The third-order valence-corrected chi connectivity index (χ3v) is 2.41. The molecule has 0 bridgehead atoms. The summed E-state index contributed by atoms with van der Waals surface area (Å²) in [5.41, 5.74) is 0.454. The van der Waals surface area contributed by atoms with Crippen molar-refractivity contribution in [1.29, 1.82) is 0 Å². The average Bonchev–Trinajstić information content (AvgIpc) is 2.28. The Balaban J connectivity index is 2.32. The van der Waals surface area contributed by atoms with Crippen molar-refractivity contribution in [2.45, 2.75) is 32.6 Å². The molecule has 0 fully saturated rings. The van der Waals surface area contributed by atoms with Gasteiger partial charge in [0.2, 0.25) is 5.91 Å². The lowest BCUT2D eigenvalue weighted by Gasteiger charge is -2.05. The van der Waals surface area contributed by atoms with Crippen LogP contribution in [0, 0.1) is 5.82 Å². The predicted octanol–water partition coefficient (Wildman–Crippen LogP) is 2.67. The molecule has 0 aliphatic carbocycles. The van der Waals surface area contributed by atoms with Crippen molar-refractivity contribution in [1.82, 2.24) is 5.32 Å². The van der Waals surface area contributed by atoms with Crippen molar-refractivity contribution < 1.29 is 9.18 Å². The Morgan fingerprint density at radius 1 is 1.31 bits per heavy atom. The maximum Gasteiger partial charge on any atom is 0.224 e. The molecule has 3 heteroatoms. The van der Waals surface area contributed by atoms with E-state index in [1.807, 2.05) is 0 Å². The Labute approximate surface area is 95.9 Å². The third-order valence-electron chi connectivity index (χ3n) is 2.41. The molecule has 0 unspecified atom stereocenters. The normalized spacial score (nSPS) is 10.1. The van der Waals surface area contributed by atoms with Crippen molar-refractivity contribution >= 4 is 5.91 Å². The molecule has 0 aliphatic rings. The SMILES string of the molecule is CCCCCNC(=O)Cc1ccccc1F. The average molecular weight is 223 g/mol. The molecule has 88 valence electrons. The van der Waals surface area contributed by atoms with Crippen LogP contribution in [-0.4, -0.2) is 12.5 Å². The van der Waals surface area contributed by atoms with Gasteiger partial charge in [0.1, 0.15) is 5.82 Å². The van der Waals surface area contributed by atoms with Crippen LogP contribution in [0.2, 0.25) is 0 Å².